The molecule has 0 spiro atoms. The van der Waals surface area contributed by atoms with Gasteiger partial charge in [0, 0.05) is 29.9 Å². The first-order valence-electron chi connectivity index (χ1n) is 8.45. The molecule has 0 heterocycles. The third kappa shape index (κ3) is 5.73. The van der Waals surface area contributed by atoms with E-state index in [9.17, 15) is 14.4 Å². The number of esters is 1. The second-order valence-corrected chi connectivity index (χ2v) is 5.72. The lowest BCUT2D eigenvalue weighted by atomic mass is 10.1. The molecule has 0 saturated carbocycles. The first-order valence-corrected chi connectivity index (χ1v) is 8.45. The topological polar surface area (TPSA) is 103 Å². The van der Waals surface area contributed by atoms with Gasteiger partial charge in [0.1, 0.15) is 11.5 Å². The summed E-state index contributed by atoms with van der Waals surface area (Å²) in [5.41, 5.74) is 1.45. The molecule has 0 unspecified atom stereocenters. The molecule has 2 aromatic carbocycles. The third-order valence-corrected chi connectivity index (χ3v) is 3.83. The molecule has 28 heavy (non-hydrogen) atoms. The van der Waals surface area contributed by atoms with E-state index in [1.165, 1.54) is 27.3 Å². The van der Waals surface area contributed by atoms with E-state index in [4.69, 9.17) is 14.2 Å². The smallest absolute Gasteiger partial charge is 0.310 e. The number of carbonyl (C=O) groups is 3. The highest BCUT2D eigenvalue weighted by Gasteiger charge is 2.13. The van der Waals surface area contributed by atoms with Gasteiger partial charge in [0.2, 0.25) is 0 Å². The Morgan fingerprint density at radius 3 is 2.46 bits per heavy atom. The van der Waals surface area contributed by atoms with Crippen LogP contribution >= 0.6 is 0 Å². The van der Waals surface area contributed by atoms with Crippen LogP contribution in [0.25, 0.3) is 0 Å². The van der Waals surface area contributed by atoms with Gasteiger partial charge in [-0.3, -0.25) is 14.4 Å². The molecule has 0 atom stereocenters. The Kier molecular flexibility index (Phi) is 7.38. The van der Waals surface area contributed by atoms with Crippen LogP contribution in [0.1, 0.15) is 15.9 Å². The molecule has 0 aliphatic rings. The van der Waals surface area contributed by atoms with Gasteiger partial charge in [-0.1, -0.05) is 12.1 Å². The van der Waals surface area contributed by atoms with E-state index < -0.39 is 18.5 Å². The molecule has 0 aromatic heterocycles. The van der Waals surface area contributed by atoms with E-state index in [-0.39, 0.29) is 12.3 Å². The summed E-state index contributed by atoms with van der Waals surface area (Å²) in [6.45, 7) is -0.443. The standard InChI is InChI=1S/C20H22N2O6/c1-21-20(25)14-5-4-6-15(9-14)22-18(23)12-28-19(24)10-13-7-8-16(26-2)11-17(13)27-3/h4-9,11H,10,12H2,1-3H3,(H,21,25)(H,22,23). The Bertz CT molecular complexity index is 866. The number of amides is 2. The Labute approximate surface area is 162 Å². The van der Waals surface area contributed by atoms with E-state index in [1.807, 2.05) is 0 Å². The number of carbonyl (C=O) groups excluding carboxylic acids is 3. The Morgan fingerprint density at radius 1 is 1.00 bits per heavy atom. The SMILES string of the molecule is CNC(=O)c1cccc(NC(=O)COC(=O)Cc2ccc(OC)cc2OC)c1. The summed E-state index contributed by atoms with van der Waals surface area (Å²) in [6.07, 6.45) is -0.0490. The van der Waals surface area contributed by atoms with Crippen LogP contribution in [0.3, 0.4) is 0 Å². The van der Waals surface area contributed by atoms with Gasteiger partial charge < -0.3 is 24.8 Å². The van der Waals surface area contributed by atoms with Crippen LogP contribution < -0.4 is 20.1 Å². The van der Waals surface area contributed by atoms with Gasteiger partial charge in [-0.15, -0.1) is 0 Å². The molecule has 148 valence electrons. The average Bonchev–Trinajstić information content (AvgIpc) is 2.72. The molecular formula is C20H22N2O6. The van der Waals surface area contributed by atoms with Crippen molar-refractivity contribution >= 4 is 23.5 Å². The van der Waals surface area contributed by atoms with Crippen LogP contribution in [0, 0.1) is 0 Å². The summed E-state index contributed by atoms with van der Waals surface area (Å²) < 4.78 is 15.4. The van der Waals surface area contributed by atoms with Crippen LogP contribution in [-0.2, 0) is 20.7 Å². The van der Waals surface area contributed by atoms with Crippen LogP contribution in [0.2, 0.25) is 0 Å². The fourth-order valence-electron chi connectivity index (χ4n) is 2.43. The second kappa shape index (κ2) is 9.96. The zero-order chi connectivity index (χ0) is 20.5. The monoisotopic (exact) mass is 386 g/mol. The predicted molar refractivity (Wildman–Crippen MR) is 103 cm³/mol. The maximum absolute atomic E-state index is 12.0. The zero-order valence-corrected chi connectivity index (χ0v) is 15.9. The Balaban J connectivity index is 1.89. The number of hydrogen-bond acceptors (Lipinski definition) is 6. The van der Waals surface area contributed by atoms with E-state index in [0.29, 0.717) is 28.3 Å². The molecule has 0 saturated heterocycles. The van der Waals surface area contributed by atoms with E-state index in [2.05, 4.69) is 10.6 Å². The first-order chi connectivity index (χ1) is 13.5. The van der Waals surface area contributed by atoms with Gasteiger partial charge in [0.05, 0.1) is 20.6 Å². The largest absolute Gasteiger partial charge is 0.497 e. The van der Waals surface area contributed by atoms with Crippen molar-refractivity contribution in [1.82, 2.24) is 5.32 Å². The molecule has 2 rings (SSSR count). The van der Waals surface area contributed by atoms with Gasteiger partial charge in [-0.2, -0.15) is 0 Å². The van der Waals surface area contributed by atoms with Crippen molar-refractivity contribution in [3.8, 4) is 11.5 Å². The van der Waals surface area contributed by atoms with Gasteiger partial charge in [-0.25, -0.2) is 0 Å². The summed E-state index contributed by atoms with van der Waals surface area (Å²) in [5.74, 6) is -0.253. The van der Waals surface area contributed by atoms with Crippen LogP contribution in [0.5, 0.6) is 11.5 Å². The molecule has 0 aliphatic carbocycles. The van der Waals surface area contributed by atoms with E-state index in [0.717, 1.165) is 0 Å². The summed E-state index contributed by atoms with van der Waals surface area (Å²) in [6, 6.07) is 11.5. The number of nitrogens with one attached hydrogen (secondary N) is 2. The van der Waals surface area contributed by atoms with Gasteiger partial charge in [0.15, 0.2) is 6.61 Å². The molecule has 2 amide bonds. The maximum Gasteiger partial charge on any atom is 0.310 e. The fraction of sp³-hybridized carbons (Fsp3) is 0.250. The highest BCUT2D eigenvalue weighted by Crippen LogP contribution is 2.25. The second-order valence-electron chi connectivity index (χ2n) is 5.72. The summed E-state index contributed by atoms with van der Waals surface area (Å²) in [4.78, 5) is 35.7. The molecule has 0 fully saturated rings. The molecule has 2 N–H and O–H groups in total. The zero-order valence-electron chi connectivity index (χ0n) is 15.9. The minimum absolute atomic E-state index is 0.0490. The van der Waals surface area contributed by atoms with Gasteiger partial charge in [-0.05, 0) is 24.3 Å². The molecule has 0 bridgehead atoms. The Hall–Kier alpha value is -3.55. The summed E-state index contributed by atoms with van der Waals surface area (Å²) in [5, 5.41) is 5.08. The summed E-state index contributed by atoms with van der Waals surface area (Å²) in [7, 11) is 4.54. The highest BCUT2D eigenvalue weighted by atomic mass is 16.5. The molecule has 8 heteroatoms. The number of hydrogen-bond donors (Lipinski definition) is 2. The van der Waals surface area contributed by atoms with Crippen molar-refractivity contribution in [3.05, 3.63) is 53.6 Å². The third-order valence-electron chi connectivity index (χ3n) is 3.83. The van der Waals surface area contributed by atoms with Gasteiger partial charge >= 0.3 is 5.97 Å². The lowest BCUT2D eigenvalue weighted by Crippen LogP contribution is -2.22. The predicted octanol–water partition coefficient (Wildman–Crippen LogP) is 1.79. The number of benzene rings is 2. The van der Waals surface area contributed by atoms with Crippen molar-refractivity contribution in [2.45, 2.75) is 6.42 Å². The normalized spacial score (nSPS) is 9.96. The quantitative estimate of drug-likeness (QED) is 0.671. The Morgan fingerprint density at radius 2 is 1.79 bits per heavy atom. The number of rotatable bonds is 8. The lowest BCUT2D eigenvalue weighted by Gasteiger charge is -2.11. The van der Waals surface area contributed by atoms with E-state index >= 15 is 0 Å². The molecule has 0 aliphatic heterocycles. The minimum atomic E-state index is -0.572. The van der Waals surface area contributed by atoms with Crippen LogP contribution in [-0.4, -0.2) is 45.7 Å². The van der Waals surface area contributed by atoms with Crippen molar-refractivity contribution < 1.29 is 28.6 Å². The van der Waals surface area contributed by atoms with Crippen LogP contribution in [0.4, 0.5) is 5.69 Å². The maximum atomic E-state index is 12.0. The minimum Gasteiger partial charge on any atom is -0.497 e. The van der Waals surface area contributed by atoms with Crippen molar-refractivity contribution in [2.24, 2.45) is 0 Å². The summed E-state index contributed by atoms with van der Waals surface area (Å²) >= 11 is 0. The molecule has 2 aromatic rings. The average molecular weight is 386 g/mol. The number of methoxy groups -OCH3 is 2. The van der Waals surface area contributed by atoms with Crippen molar-refractivity contribution in [1.29, 1.82) is 0 Å². The highest BCUT2D eigenvalue weighted by molar-refractivity contribution is 5.97. The molecule has 8 nitrogen and oxygen atoms in total. The number of anilines is 1. The van der Waals surface area contributed by atoms with Crippen LogP contribution in [0.15, 0.2) is 42.5 Å². The van der Waals surface area contributed by atoms with E-state index in [1.54, 1.807) is 36.4 Å². The van der Waals surface area contributed by atoms with Gasteiger partial charge in [0.25, 0.3) is 11.8 Å². The molecule has 0 radical (unpaired) electrons. The first kappa shape index (κ1) is 20.8. The fourth-order valence-corrected chi connectivity index (χ4v) is 2.43. The lowest BCUT2D eigenvalue weighted by molar-refractivity contribution is -0.146. The molecular weight excluding hydrogens is 364 g/mol. The van der Waals surface area contributed by atoms with Crippen molar-refractivity contribution in [3.63, 3.8) is 0 Å². The van der Waals surface area contributed by atoms with Crippen molar-refractivity contribution in [2.75, 3.05) is 33.2 Å². The number of ether oxygens (including phenoxy) is 3.